The lowest BCUT2D eigenvalue weighted by atomic mass is 10.2. The van der Waals surface area contributed by atoms with E-state index in [0.717, 1.165) is 31.3 Å². The number of aromatic nitrogens is 3. The van der Waals surface area contributed by atoms with E-state index in [1.165, 1.54) is 19.2 Å². The molecule has 1 aromatic rings. The Bertz CT molecular complexity index is 370. The highest BCUT2D eigenvalue weighted by molar-refractivity contribution is 5.82. The van der Waals surface area contributed by atoms with Gasteiger partial charge in [0.2, 0.25) is 0 Å². The number of carbonyl (C=O) groups is 1. The molecule has 5 nitrogen and oxygen atoms in total. The number of carbonyl (C=O) groups excluding carboxylic acids is 1. The Hall–Kier alpha value is -1.23. The Morgan fingerprint density at radius 1 is 1.59 bits per heavy atom. The molecule has 2 rings (SSSR count). The van der Waals surface area contributed by atoms with Crippen LogP contribution in [0, 0.1) is 5.92 Å². The van der Waals surface area contributed by atoms with Gasteiger partial charge in [-0.05, 0) is 31.7 Å². The van der Waals surface area contributed by atoms with Gasteiger partial charge in [0.1, 0.15) is 12.2 Å². The van der Waals surface area contributed by atoms with Gasteiger partial charge < -0.3 is 5.32 Å². The maximum absolute atomic E-state index is 11.7. The first-order valence-corrected chi connectivity index (χ1v) is 6.38. The van der Waals surface area contributed by atoms with Crippen LogP contribution in [0.1, 0.15) is 32.0 Å². The largest absolute Gasteiger partial charge is 0.310 e. The average Bonchev–Trinajstić information content (AvgIpc) is 3.02. The van der Waals surface area contributed by atoms with E-state index in [1.54, 1.807) is 0 Å². The Kier molecular flexibility index (Phi) is 4.25. The van der Waals surface area contributed by atoms with E-state index in [1.807, 2.05) is 4.68 Å². The minimum atomic E-state index is 0.191. The number of ketones is 1. The molecule has 0 saturated heterocycles. The van der Waals surface area contributed by atoms with E-state index in [0.29, 0.717) is 13.0 Å². The van der Waals surface area contributed by atoms with Crippen molar-refractivity contribution in [2.24, 2.45) is 5.92 Å². The molecule has 1 aromatic heterocycles. The molecule has 0 atom stereocenters. The minimum Gasteiger partial charge on any atom is -0.310 e. The molecule has 17 heavy (non-hydrogen) atoms. The summed E-state index contributed by atoms with van der Waals surface area (Å²) in [6, 6.07) is 0. The van der Waals surface area contributed by atoms with Crippen LogP contribution in [0.25, 0.3) is 0 Å². The van der Waals surface area contributed by atoms with Crippen molar-refractivity contribution in [3.8, 4) is 0 Å². The van der Waals surface area contributed by atoms with Gasteiger partial charge in [0.15, 0.2) is 5.78 Å². The molecular weight excluding hydrogens is 216 g/mol. The summed E-state index contributed by atoms with van der Waals surface area (Å²) in [5.74, 6) is 1.78. The fourth-order valence-corrected chi connectivity index (χ4v) is 1.80. The summed E-state index contributed by atoms with van der Waals surface area (Å²) in [5, 5.41) is 7.31. The predicted molar refractivity (Wildman–Crippen MR) is 64.6 cm³/mol. The molecule has 0 radical (unpaired) electrons. The van der Waals surface area contributed by atoms with E-state index >= 15 is 0 Å². The maximum Gasteiger partial charge on any atom is 0.154 e. The zero-order chi connectivity index (χ0) is 12.1. The Labute approximate surface area is 102 Å². The Balaban J connectivity index is 1.73. The van der Waals surface area contributed by atoms with Gasteiger partial charge in [0.05, 0.1) is 13.0 Å². The van der Waals surface area contributed by atoms with Crippen molar-refractivity contribution in [1.82, 2.24) is 20.1 Å². The van der Waals surface area contributed by atoms with E-state index in [2.05, 4.69) is 22.3 Å². The molecule has 0 bridgehead atoms. The lowest BCUT2D eigenvalue weighted by Crippen LogP contribution is -2.27. The van der Waals surface area contributed by atoms with Crippen molar-refractivity contribution >= 4 is 5.78 Å². The van der Waals surface area contributed by atoms with Crippen LogP contribution in [0.5, 0.6) is 0 Å². The Morgan fingerprint density at radius 3 is 3.12 bits per heavy atom. The lowest BCUT2D eigenvalue weighted by Gasteiger charge is -2.05. The third kappa shape index (κ3) is 3.93. The number of aryl methyl sites for hydroxylation is 1. The van der Waals surface area contributed by atoms with Crippen molar-refractivity contribution in [3.05, 3.63) is 12.2 Å². The molecule has 0 amide bonds. The summed E-state index contributed by atoms with van der Waals surface area (Å²) in [7, 11) is 0. The van der Waals surface area contributed by atoms with Gasteiger partial charge in [-0.25, -0.2) is 9.67 Å². The molecule has 94 valence electrons. The number of rotatable bonds is 8. The van der Waals surface area contributed by atoms with Gasteiger partial charge in [-0.2, -0.15) is 5.10 Å². The highest BCUT2D eigenvalue weighted by Gasteiger charge is 2.20. The van der Waals surface area contributed by atoms with Crippen LogP contribution in [-0.2, 0) is 17.8 Å². The molecule has 1 saturated carbocycles. The monoisotopic (exact) mass is 236 g/mol. The summed E-state index contributed by atoms with van der Waals surface area (Å²) >= 11 is 0. The molecule has 0 unspecified atom stereocenters. The number of hydrogen-bond acceptors (Lipinski definition) is 4. The zero-order valence-electron chi connectivity index (χ0n) is 10.4. The molecule has 0 aromatic carbocycles. The second kappa shape index (κ2) is 5.91. The highest BCUT2D eigenvalue weighted by Crippen LogP contribution is 2.27. The van der Waals surface area contributed by atoms with E-state index < -0.39 is 0 Å². The van der Waals surface area contributed by atoms with E-state index in [-0.39, 0.29) is 5.78 Å². The van der Waals surface area contributed by atoms with Gasteiger partial charge in [0, 0.05) is 6.54 Å². The standard InChI is InChI=1S/C12H20N4O/c1-2-5-16-12(14-9-15-16)6-11(17)8-13-7-10-3-4-10/h9-10,13H,2-8H2,1H3. The first kappa shape index (κ1) is 12.2. The van der Waals surface area contributed by atoms with E-state index in [4.69, 9.17) is 0 Å². The van der Waals surface area contributed by atoms with Gasteiger partial charge in [-0.15, -0.1) is 0 Å². The van der Waals surface area contributed by atoms with Crippen LogP contribution in [0.4, 0.5) is 0 Å². The second-order valence-electron chi connectivity index (χ2n) is 4.69. The molecular formula is C12H20N4O. The van der Waals surface area contributed by atoms with Crippen molar-refractivity contribution in [3.63, 3.8) is 0 Å². The summed E-state index contributed by atoms with van der Waals surface area (Å²) < 4.78 is 1.82. The molecule has 1 N–H and O–H groups in total. The molecule has 1 aliphatic rings. The fourth-order valence-electron chi connectivity index (χ4n) is 1.80. The molecule has 1 fully saturated rings. The van der Waals surface area contributed by atoms with Crippen LogP contribution in [-0.4, -0.2) is 33.6 Å². The van der Waals surface area contributed by atoms with Crippen molar-refractivity contribution in [2.75, 3.05) is 13.1 Å². The average molecular weight is 236 g/mol. The van der Waals surface area contributed by atoms with Gasteiger partial charge in [-0.1, -0.05) is 6.92 Å². The summed E-state index contributed by atoms with van der Waals surface area (Å²) in [4.78, 5) is 15.9. The van der Waals surface area contributed by atoms with Gasteiger partial charge in [0.25, 0.3) is 0 Å². The van der Waals surface area contributed by atoms with Crippen molar-refractivity contribution in [2.45, 2.75) is 39.2 Å². The third-order valence-corrected chi connectivity index (χ3v) is 2.94. The van der Waals surface area contributed by atoms with Crippen LogP contribution in [0.3, 0.4) is 0 Å². The van der Waals surface area contributed by atoms with Gasteiger partial charge >= 0.3 is 0 Å². The molecule has 5 heteroatoms. The molecule has 0 spiro atoms. The summed E-state index contributed by atoms with van der Waals surface area (Å²) in [6.07, 6.45) is 5.54. The lowest BCUT2D eigenvalue weighted by molar-refractivity contribution is -0.117. The SMILES string of the molecule is CCCn1ncnc1CC(=O)CNCC1CC1. The third-order valence-electron chi connectivity index (χ3n) is 2.94. The number of hydrogen-bond donors (Lipinski definition) is 1. The topological polar surface area (TPSA) is 59.8 Å². The zero-order valence-corrected chi connectivity index (χ0v) is 10.4. The first-order valence-electron chi connectivity index (χ1n) is 6.38. The van der Waals surface area contributed by atoms with Crippen LogP contribution in [0.2, 0.25) is 0 Å². The van der Waals surface area contributed by atoms with E-state index in [9.17, 15) is 4.79 Å². The van der Waals surface area contributed by atoms with Crippen molar-refractivity contribution in [1.29, 1.82) is 0 Å². The number of nitrogens with one attached hydrogen (secondary N) is 1. The molecule has 1 aliphatic carbocycles. The highest BCUT2D eigenvalue weighted by atomic mass is 16.1. The first-order chi connectivity index (χ1) is 8.29. The quantitative estimate of drug-likeness (QED) is 0.725. The number of Topliss-reactive ketones (excluding diaryl/α,β-unsaturated/α-hetero) is 1. The second-order valence-corrected chi connectivity index (χ2v) is 4.69. The number of nitrogens with zero attached hydrogens (tertiary/aromatic N) is 3. The molecule has 1 heterocycles. The minimum absolute atomic E-state index is 0.191. The smallest absolute Gasteiger partial charge is 0.154 e. The summed E-state index contributed by atoms with van der Waals surface area (Å²) in [5.41, 5.74) is 0. The van der Waals surface area contributed by atoms with Gasteiger partial charge in [-0.3, -0.25) is 4.79 Å². The molecule has 0 aliphatic heterocycles. The maximum atomic E-state index is 11.7. The fraction of sp³-hybridized carbons (Fsp3) is 0.750. The Morgan fingerprint density at radius 2 is 2.41 bits per heavy atom. The van der Waals surface area contributed by atoms with Crippen LogP contribution < -0.4 is 5.32 Å². The van der Waals surface area contributed by atoms with Crippen molar-refractivity contribution < 1.29 is 4.79 Å². The normalized spacial score (nSPS) is 15.1. The predicted octanol–water partition coefficient (Wildman–Crippen LogP) is 0.799. The summed E-state index contributed by atoms with van der Waals surface area (Å²) in [6.45, 7) is 4.35. The van der Waals surface area contributed by atoms with Crippen LogP contribution in [0.15, 0.2) is 6.33 Å². The van der Waals surface area contributed by atoms with Crippen LogP contribution >= 0.6 is 0 Å².